The number of benzene rings is 1. The van der Waals surface area contributed by atoms with E-state index >= 15 is 0 Å². The Balaban J connectivity index is 3.23. The van der Waals surface area contributed by atoms with Crippen molar-refractivity contribution >= 4 is 5.97 Å². The summed E-state index contributed by atoms with van der Waals surface area (Å²) in [6.07, 6.45) is -4.65. The van der Waals surface area contributed by atoms with E-state index in [1.54, 1.807) is 0 Å². The summed E-state index contributed by atoms with van der Waals surface area (Å²) in [6, 6.07) is 2.58. The summed E-state index contributed by atoms with van der Waals surface area (Å²) >= 11 is 0. The molecule has 0 saturated heterocycles. The first kappa shape index (κ1) is 12.9. The van der Waals surface area contributed by atoms with Crippen LogP contribution in [0.1, 0.15) is 11.1 Å². The lowest BCUT2D eigenvalue weighted by atomic mass is 10.1. The topological polar surface area (TPSA) is 46.5 Å². The number of carbonyl (C=O) groups excluding carboxylic acids is 1. The van der Waals surface area contributed by atoms with Crippen LogP contribution in [0, 0.1) is 11.8 Å². The van der Waals surface area contributed by atoms with E-state index in [1.807, 2.05) is 11.8 Å². The van der Waals surface area contributed by atoms with Gasteiger partial charge in [0.15, 0.2) is 0 Å². The third-order valence-electron chi connectivity index (χ3n) is 1.79. The molecule has 1 rings (SSSR count). The Morgan fingerprint density at radius 1 is 1.41 bits per heavy atom. The third kappa shape index (κ3) is 3.41. The predicted octanol–water partition coefficient (Wildman–Crippen LogP) is 1.94. The molecule has 1 N–H and O–H groups in total. The molecule has 0 aliphatic heterocycles. The molecule has 6 heteroatoms. The van der Waals surface area contributed by atoms with E-state index in [0.29, 0.717) is 6.07 Å². The van der Waals surface area contributed by atoms with Crippen molar-refractivity contribution in [1.82, 2.24) is 0 Å². The van der Waals surface area contributed by atoms with E-state index in [2.05, 4.69) is 4.74 Å². The molecule has 1 aromatic carbocycles. The number of hydrogen-bond donors (Lipinski definition) is 1. The van der Waals surface area contributed by atoms with Crippen molar-refractivity contribution in [3.63, 3.8) is 0 Å². The lowest BCUT2D eigenvalue weighted by molar-refractivity contribution is -0.138. The number of hydrogen-bond acceptors (Lipinski definition) is 3. The maximum absolute atomic E-state index is 12.5. The molecule has 0 amide bonds. The van der Waals surface area contributed by atoms with Gasteiger partial charge in [-0.1, -0.05) is 5.92 Å². The molecule has 90 valence electrons. The molecule has 0 aliphatic carbocycles. The van der Waals surface area contributed by atoms with Crippen molar-refractivity contribution in [2.45, 2.75) is 6.18 Å². The van der Waals surface area contributed by atoms with Crippen molar-refractivity contribution in [2.75, 3.05) is 7.11 Å². The van der Waals surface area contributed by atoms with Crippen LogP contribution < -0.4 is 0 Å². The first-order valence-corrected chi connectivity index (χ1v) is 4.35. The van der Waals surface area contributed by atoms with Crippen LogP contribution in [-0.4, -0.2) is 18.2 Å². The number of methoxy groups -OCH3 is 1. The Kier molecular flexibility index (Phi) is 3.63. The molecule has 0 radical (unpaired) electrons. The van der Waals surface area contributed by atoms with Crippen LogP contribution in [0.4, 0.5) is 13.2 Å². The number of aromatic hydroxyl groups is 1. The Morgan fingerprint density at radius 3 is 2.59 bits per heavy atom. The van der Waals surface area contributed by atoms with Crippen molar-refractivity contribution in [1.29, 1.82) is 0 Å². The van der Waals surface area contributed by atoms with Crippen LogP contribution in [-0.2, 0) is 15.7 Å². The van der Waals surface area contributed by atoms with Gasteiger partial charge in [-0.2, -0.15) is 13.2 Å². The summed E-state index contributed by atoms with van der Waals surface area (Å²) in [5.74, 6) is 2.46. The number of alkyl halides is 3. The quantitative estimate of drug-likeness (QED) is 0.560. The minimum Gasteiger partial charge on any atom is -0.508 e. The molecule has 0 atom stereocenters. The highest BCUT2D eigenvalue weighted by molar-refractivity contribution is 5.89. The highest BCUT2D eigenvalue weighted by Gasteiger charge is 2.33. The first-order valence-electron chi connectivity index (χ1n) is 4.35. The smallest absolute Gasteiger partial charge is 0.417 e. The molecule has 0 unspecified atom stereocenters. The van der Waals surface area contributed by atoms with Crippen molar-refractivity contribution in [2.24, 2.45) is 0 Å². The first-order chi connectivity index (χ1) is 7.84. The number of phenols is 1. The van der Waals surface area contributed by atoms with Crippen LogP contribution in [0.5, 0.6) is 5.75 Å². The summed E-state index contributed by atoms with van der Waals surface area (Å²) in [6.45, 7) is 0. The summed E-state index contributed by atoms with van der Waals surface area (Å²) < 4.78 is 41.8. The van der Waals surface area contributed by atoms with Gasteiger partial charge in [0.25, 0.3) is 0 Å². The molecule has 0 bridgehead atoms. The van der Waals surface area contributed by atoms with Crippen molar-refractivity contribution in [3.05, 3.63) is 29.3 Å². The van der Waals surface area contributed by atoms with Crippen molar-refractivity contribution < 1.29 is 27.8 Å². The second-order valence-corrected chi connectivity index (χ2v) is 2.97. The lowest BCUT2D eigenvalue weighted by Crippen LogP contribution is -2.07. The molecule has 3 nitrogen and oxygen atoms in total. The monoisotopic (exact) mass is 244 g/mol. The second kappa shape index (κ2) is 4.78. The van der Waals surface area contributed by atoms with Gasteiger partial charge in [0.2, 0.25) is 0 Å². The minimum atomic E-state index is -4.65. The molecule has 0 saturated carbocycles. The molecule has 17 heavy (non-hydrogen) atoms. The minimum absolute atomic E-state index is 0.402. The fraction of sp³-hybridized carbons (Fsp3) is 0.182. The summed E-state index contributed by atoms with van der Waals surface area (Å²) in [4.78, 5) is 10.7. The summed E-state index contributed by atoms with van der Waals surface area (Å²) in [7, 11) is 1.07. The van der Waals surface area contributed by atoms with E-state index < -0.39 is 29.0 Å². The van der Waals surface area contributed by atoms with E-state index in [-0.39, 0.29) is 0 Å². The summed E-state index contributed by atoms with van der Waals surface area (Å²) in [5, 5.41) is 8.98. The van der Waals surface area contributed by atoms with Gasteiger partial charge in [-0.25, -0.2) is 4.79 Å². The van der Waals surface area contributed by atoms with E-state index in [4.69, 9.17) is 5.11 Å². The van der Waals surface area contributed by atoms with Gasteiger partial charge in [0, 0.05) is 11.5 Å². The molecule has 0 heterocycles. The van der Waals surface area contributed by atoms with Gasteiger partial charge in [0.05, 0.1) is 12.7 Å². The lowest BCUT2D eigenvalue weighted by Gasteiger charge is -2.09. The zero-order valence-corrected chi connectivity index (χ0v) is 8.63. The van der Waals surface area contributed by atoms with E-state index in [0.717, 1.165) is 19.2 Å². The Labute approximate surface area is 94.8 Å². The molecule has 0 fully saturated rings. The number of phenolic OH excluding ortho intramolecular Hbond substituents is 1. The Hall–Kier alpha value is -2.16. The average molecular weight is 244 g/mol. The number of carbonyl (C=O) groups is 1. The fourth-order valence-corrected chi connectivity index (χ4v) is 1.05. The molecular formula is C11H7F3O3. The van der Waals surface area contributed by atoms with Crippen LogP contribution in [0.15, 0.2) is 18.2 Å². The van der Waals surface area contributed by atoms with Crippen LogP contribution in [0.25, 0.3) is 0 Å². The SMILES string of the molecule is COC(=O)C#Cc1ccc(O)cc1C(F)(F)F. The number of halogens is 3. The van der Waals surface area contributed by atoms with Gasteiger partial charge in [-0.3, -0.25) is 0 Å². The molecular weight excluding hydrogens is 237 g/mol. The number of ether oxygens (including phenoxy) is 1. The molecule has 0 spiro atoms. The van der Waals surface area contributed by atoms with Gasteiger partial charge in [-0.15, -0.1) is 0 Å². The molecule has 0 aromatic heterocycles. The highest BCUT2D eigenvalue weighted by atomic mass is 19.4. The maximum atomic E-state index is 12.5. The van der Waals surface area contributed by atoms with Gasteiger partial charge >= 0.3 is 12.1 Å². The number of rotatable bonds is 0. The van der Waals surface area contributed by atoms with Crippen LogP contribution in [0.3, 0.4) is 0 Å². The standard InChI is InChI=1S/C11H7F3O3/c1-17-10(16)5-3-7-2-4-8(15)6-9(7)11(12,13)14/h2,4,6,15H,1H3. The van der Waals surface area contributed by atoms with Gasteiger partial charge < -0.3 is 9.84 Å². The van der Waals surface area contributed by atoms with Crippen LogP contribution in [0.2, 0.25) is 0 Å². The third-order valence-corrected chi connectivity index (χ3v) is 1.79. The average Bonchev–Trinajstić information content (AvgIpc) is 2.25. The normalized spacial score (nSPS) is 10.4. The molecule has 0 aliphatic rings. The predicted molar refractivity (Wildman–Crippen MR) is 52.0 cm³/mol. The fourth-order valence-electron chi connectivity index (χ4n) is 1.05. The molecule has 1 aromatic rings. The number of esters is 1. The zero-order chi connectivity index (χ0) is 13.1. The van der Waals surface area contributed by atoms with Crippen LogP contribution >= 0.6 is 0 Å². The van der Waals surface area contributed by atoms with E-state index in [9.17, 15) is 18.0 Å². The highest BCUT2D eigenvalue weighted by Crippen LogP contribution is 2.33. The maximum Gasteiger partial charge on any atom is 0.417 e. The Bertz CT molecular complexity index is 495. The van der Waals surface area contributed by atoms with E-state index in [1.165, 1.54) is 0 Å². The Morgan fingerprint density at radius 2 is 2.06 bits per heavy atom. The zero-order valence-electron chi connectivity index (χ0n) is 8.63. The van der Waals surface area contributed by atoms with Gasteiger partial charge in [0.1, 0.15) is 5.75 Å². The second-order valence-electron chi connectivity index (χ2n) is 2.97. The van der Waals surface area contributed by atoms with Gasteiger partial charge in [-0.05, 0) is 18.2 Å². The largest absolute Gasteiger partial charge is 0.508 e. The summed E-state index contributed by atoms with van der Waals surface area (Å²) in [5.41, 5.74) is -1.50. The van der Waals surface area contributed by atoms with Crippen molar-refractivity contribution in [3.8, 4) is 17.6 Å².